The number of para-hydroxylation sites is 1. The van der Waals surface area contributed by atoms with Gasteiger partial charge in [0.15, 0.2) is 6.61 Å². The Balaban J connectivity index is 1.18. The van der Waals surface area contributed by atoms with Gasteiger partial charge in [-0.25, -0.2) is 4.79 Å². The topological polar surface area (TPSA) is 103 Å². The average Bonchev–Trinajstić information content (AvgIpc) is 3.14. The summed E-state index contributed by atoms with van der Waals surface area (Å²) in [6.45, 7) is 0.189. The Hall–Kier alpha value is -6.09. The number of amides is 2. The molecule has 0 spiro atoms. The van der Waals surface area contributed by atoms with Crippen LogP contribution in [-0.2, 0) is 27.4 Å². The van der Waals surface area contributed by atoms with E-state index >= 15 is 0 Å². The highest BCUT2D eigenvalue weighted by molar-refractivity contribution is 6.01. The molecular formula is C39H36N2O7. The van der Waals surface area contributed by atoms with Gasteiger partial charge in [0.2, 0.25) is 0 Å². The summed E-state index contributed by atoms with van der Waals surface area (Å²) < 4.78 is 22.0. The lowest BCUT2D eigenvalue weighted by atomic mass is 10.0. The van der Waals surface area contributed by atoms with Crippen molar-refractivity contribution in [2.45, 2.75) is 19.1 Å². The molecule has 9 nitrogen and oxygen atoms in total. The van der Waals surface area contributed by atoms with E-state index in [0.717, 1.165) is 11.1 Å². The molecule has 5 aromatic carbocycles. The van der Waals surface area contributed by atoms with E-state index in [9.17, 15) is 14.4 Å². The molecule has 0 radical (unpaired) electrons. The monoisotopic (exact) mass is 644 g/mol. The fourth-order valence-corrected chi connectivity index (χ4v) is 4.95. The molecule has 0 bridgehead atoms. The summed E-state index contributed by atoms with van der Waals surface area (Å²) in [7, 11) is 2.85. The number of rotatable bonds is 14. The molecule has 5 rings (SSSR count). The fraction of sp³-hybridized carbons (Fsp3) is 0.154. The Labute approximate surface area is 279 Å². The van der Waals surface area contributed by atoms with Gasteiger partial charge in [-0.15, -0.1) is 0 Å². The number of hydrogen-bond donors (Lipinski definition) is 1. The summed E-state index contributed by atoms with van der Waals surface area (Å²) in [5.41, 5.74) is 3.51. The first-order valence-electron chi connectivity index (χ1n) is 15.3. The van der Waals surface area contributed by atoms with Crippen LogP contribution in [0.2, 0.25) is 0 Å². The Morgan fingerprint density at radius 1 is 0.646 bits per heavy atom. The van der Waals surface area contributed by atoms with E-state index in [4.69, 9.17) is 18.9 Å². The number of carbonyl (C=O) groups is 3. The molecule has 1 atom stereocenters. The number of hydrogen-bond acceptors (Lipinski definition) is 7. The van der Waals surface area contributed by atoms with E-state index in [-0.39, 0.29) is 18.9 Å². The summed E-state index contributed by atoms with van der Waals surface area (Å²) in [6.07, 6.45) is 0.228. The van der Waals surface area contributed by atoms with E-state index in [2.05, 4.69) is 5.32 Å². The fourth-order valence-electron chi connectivity index (χ4n) is 4.95. The second-order valence-corrected chi connectivity index (χ2v) is 10.8. The van der Waals surface area contributed by atoms with Gasteiger partial charge in [0.25, 0.3) is 11.8 Å². The van der Waals surface area contributed by atoms with Crippen LogP contribution in [0.3, 0.4) is 0 Å². The van der Waals surface area contributed by atoms with Crippen molar-refractivity contribution in [1.29, 1.82) is 0 Å². The van der Waals surface area contributed by atoms with E-state index < -0.39 is 17.9 Å². The normalized spacial score (nSPS) is 11.1. The molecular weight excluding hydrogens is 608 g/mol. The number of carbonyl (C=O) groups excluding carboxylic acids is 3. The van der Waals surface area contributed by atoms with E-state index in [0.29, 0.717) is 40.8 Å². The zero-order valence-corrected chi connectivity index (χ0v) is 26.7. The molecule has 48 heavy (non-hydrogen) atoms. The van der Waals surface area contributed by atoms with Crippen molar-refractivity contribution in [2.24, 2.45) is 0 Å². The number of benzene rings is 5. The largest absolute Gasteiger partial charge is 0.497 e. The maximum Gasteiger partial charge on any atom is 0.328 e. The van der Waals surface area contributed by atoms with Crippen LogP contribution in [0, 0.1) is 0 Å². The lowest BCUT2D eigenvalue weighted by molar-refractivity contribution is -0.142. The standard InChI is InChI=1S/C39H36N2O7/c1-45-35-15-9-14-32(25-35)41(31-12-7-4-8-13-31)37(42)27-48-34-22-18-30(19-23-34)38(43)40-36(39(44)46-2)24-28-16-20-33(21-17-28)47-26-29-10-5-3-6-11-29/h3-23,25,36H,24,26-27H2,1-2H3,(H,40,43). The van der Waals surface area contributed by atoms with E-state index in [1.165, 1.54) is 7.11 Å². The molecule has 0 saturated carbocycles. The molecule has 1 N–H and O–H groups in total. The second-order valence-electron chi connectivity index (χ2n) is 10.8. The third-order valence-electron chi connectivity index (χ3n) is 7.46. The number of esters is 1. The second kappa shape index (κ2) is 16.5. The summed E-state index contributed by atoms with van der Waals surface area (Å²) in [4.78, 5) is 40.7. The Bertz CT molecular complexity index is 1790. The predicted molar refractivity (Wildman–Crippen MR) is 183 cm³/mol. The van der Waals surface area contributed by atoms with Crippen molar-refractivity contribution in [3.8, 4) is 17.2 Å². The van der Waals surface area contributed by atoms with Gasteiger partial charge in [-0.2, -0.15) is 0 Å². The zero-order valence-electron chi connectivity index (χ0n) is 26.7. The van der Waals surface area contributed by atoms with Crippen LogP contribution in [0.1, 0.15) is 21.5 Å². The molecule has 5 aromatic rings. The molecule has 0 aromatic heterocycles. The van der Waals surface area contributed by atoms with E-state index in [1.54, 1.807) is 48.4 Å². The van der Waals surface area contributed by atoms with Crippen LogP contribution in [0.25, 0.3) is 0 Å². The Kier molecular flexibility index (Phi) is 11.4. The quantitative estimate of drug-likeness (QED) is 0.137. The molecule has 0 heterocycles. The molecule has 0 saturated heterocycles. The number of nitrogens with one attached hydrogen (secondary N) is 1. The van der Waals surface area contributed by atoms with Gasteiger partial charge >= 0.3 is 5.97 Å². The highest BCUT2D eigenvalue weighted by Gasteiger charge is 2.23. The first-order valence-corrected chi connectivity index (χ1v) is 15.3. The van der Waals surface area contributed by atoms with Gasteiger partial charge in [0.1, 0.15) is 29.9 Å². The molecule has 0 fully saturated rings. The van der Waals surface area contributed by atoms with Crippen molar-refractivity contribution in [3.05, 3.63) is 150 Å². The van der Waals surface area contributed by atoms with Crippen LogP contribution < -0.4 is 24.4 Å². The molecule has 1 unspecified atom stereocenters. The highest BCUT2D eigenvalue weighted by Crippen LogP contribution is 2.29. The van der Waals surface area contributed by atoms with Crippen LogP contribution in [-0.4, -0.2) is 44.7 Å². The van der Waals surface area contributed by atoms with Crippen LogP contribution >= 0.6 is 0 Å². The van der Waals surface area contributed by atoms with E-state index in [1.807, 2.05) is 97.1 Å². The lowest BCUT2D eigenvalue weighted by Gasteiger charge is -2.23. The summed E-state index contributed by atoms with van der Waals surface area (Å²) in [5.74, 6) is 0.394. The van der Waals surface area contributed by atoms with Crippen molar-refractivity contribution < 1.29 is 33.3 Å². The SMILES string of the molecule is COC(=O)C(Cc1ccc(OCc2ccccc2)cc1)NC(=O)c1ccc(OCC(=O)N(c2ccccc2)c2cccc(OC)c2)cc1. The predicted octanol–water partition coefficient (Wildman–Crippen LogP) is 6.53. The minimum Gasteiger partial charge on any atom is -0.497 e. The number of methoxy groups -OCH3 is 2. The minimum atomic E-state index is -0.910. The number of ether oxygens (including phenoxy) is 4. The van der Waals surface area contributed by atoms with Crippen LogP contribution in [0.15, 0.2) is 133 Å². The van der Waals surface area contributed by atoms with Crippen molar-refractivity contribution in [1.82, 2.24) is 5.32 Å². The third kappa shape index (κ3) is 9.01. The van der Waals surface area contributed by atoms with Gasteiger partial charge in [0.05, 0.1) is 19.9 Å². The third-order valence-corrected chi connectivity index (χ3v) is 7.46. The van der Waals surface area contributed by atoms with Crippen LogP contribution in [0.4, 0.5) is 11.4 Å². The molecule has 0 aliphatic rings. The molecule has 0 aliphatic heterocycles. The Morgan fingerprint density at radius 3 is 1.94 bits per heavy atom. The molecule has 0 aliphatic carbocycles. The zero-order chi connectivity index (χ0) is 33.7. The van der Waals surface area contributed by atoms with Gasteiger partial charge in [-0.1, -0.05) is 66.7 Å². The lowest BCUT2D eigenvalue weighted by Crippen LogP contribution is -2.43. The van der Waals surface area contributed by atoms with Crippen LogP contribution in [0.5, 0.6) is 17.2 Å². The molecule has 244 valence electrons. The van der Waals surface area contributed by atoms with Gasteiger partial charge in [0, 0.05) is 23.7 Å². The maximum atomic E-state index is 13.4. The number of anilines is 2. The van der Waals surface area contributed by atoms with Crippen molar-refractivity contribution in [3.63, 3.8) is 0 Å². The Morgan fingerprint density at radius 2 is 1.27 bits per heavy atom. The minimum absolute atomic E-state index is 0.228. The molecule has 9 heteroatoms. The summed E-state index contributed by atoms with van der Waals surface area (Å²) >= 11 is 0. The van der Waals surface area contributed by atoms with Crippen molar-refractivity contribution in [2.75, 3.05) is 25.7 Å². The highest BCUT2D eigenvalue weighted by atomic mass is 16.5. The average molecular weight is 645 g/mol. The first kappa shape index (κ1) is 33.3. The first-order chi connectivity index (χ1) is 23.4. The smallest absolute Gasteiger partial charge is 0.328 e. The van der Waals surface area contributed by atoms with Gasteiger partial charge in [-0.3, -0.25) is 14.5 Å². The number of nitrogens with zero attached hydrogens (tertiary/aromatic N) is 1. The van der Waals surface area contributed by atoms with Gasteiger partial charge < -0.3 is 24.3 Å². The maximum absolute atomic E-state index is 13.4. The summed E-state index contributed by atoms with van der Waals surface area (Å²) in [5, 5.41) is 2.77. The van der Waals surface area contributed by atoms with Crippen molar-refractivity contribution >= 4 is 29.2 Å². The van der Waals surface area contributed by atoms with Gasteiger partial charge in [-0.05, 0) is 71.8 Å². The molecule has 2 amide bonds. The summed E-state index contributed by atoms with van der Waals surface area (Å²) in [6, 6.07) is 39.1.